The summed E-state index contributed by atoms with van der Waals surface area (Å²) in [6, 6.07) is 8.46. The first-order valence-electron chi connectivity index (χ1n) is 12.0. The normalized spacial score (nSPS) is 20.1. The van der Waals surface area contributed by atoms with E-state index in [-0.39, 0.29) is 17.8 Å². The van der Waals surface area contributed by atoms with Gasteiger partial charge >= 0.3 is 0 Å². The Balaban J connectivity index is 1.38. The van der Waals surface area contributed by atoms with Gasteiger partial charge in [-0.3, -0.25) is 9.69 Å². The quantitative estimate of drug-likeness (QED) is 0.609. The Morgan fingerprint density at radius 3 is 2.72 bits per heavy atom. The zero-order chi connectivity index (χ0) is 22.3. The van der Waals surface area contributed by atoms with Gasteiger partial charge in [0, 0.05) is 18.3 Å². The molecule has 2 aliphatic rings. The smallest absolute Gasteiger partial charge is 0.232 e. The second-order valence-corrected chi connectivity index (χ2v) is 8.99. The molecule has 1 saturated carbocycles. The van der Waals surface area contributed by atoms with Crippen molar-refractivity contribution in [2.45, 2.75) is 70.9 Å². The number of nitrogen functional groups attached to an aromatic ring is 1. The van der Waals surface area contributed by atoms with E-state index in [4.69, 9.17) is 5.73 Å². The van der Waals surface area contributed by atoms with Gasteiger partial charge in [-0.2, -0.15) is 15.0 Å². The summed E-state index contributed by atoms with van der Waals surface area (Å²) in [5.74, 6) is 1.52. The number of carbonyl (C=O) groups is 1. The molecular weight excluding hydrogens is 402 g/mol. The number of hydrogen-bond acceptors (Lipinski definition) is 7. The topological polar surface area (TPSA) is 109 Å². The van der Waals surface area contributed by atoms with Crippen molar-refractivity contribution < 1.29 is 4.79 Å². The highest BCUT2D eigenvalue weighted by atomic mass is 16.2. The average molecular weight is 438 g/mol. The molecule has 4 N–H and O–H groups in total. The number of nitrogens with one attached hydrogen (secondary N) is 2. The average Bonchev–Trinajstić information content (AvgIpc) is 2.80. The number of likely N-dealkylation sites (tertiary alicyclic amines) is 1. The molecule has 2 fully saturated rings. The fourth-order valence-corrected chi connectivity index (χ4v) is 4.81. The van der Waals surface area contributed by atoms with Crippen molar-refractivity contribution in [1.82, 2.24) is 25.2 Å². The standard InChI is InChI=1S/C24H35N7O/c1-2-17-9-6-7-13-20(17)27-24-29-21(28-23(25)30-24)16-31-14-8-10-18(15-31)22(32)26-19-11-4-3-5-12-19/h6-7,9,13,18-19H,2-5,8,10-12,14-16H2,1H3,(H,26,32)(H3,25,27,28,29,30). The predicted octanol–water partition coefficient (Wildman–Crippen LogP) is 3.42. The molecule has 2 aromatic rings. The summed E-state index contributed by atoms with van der Waals surface area (Å²) in [5, 5.41) is 6.58. The number of nitrogens with two attached hydrogens (primary N) is 1. The zero-order valence-electron chi connectivity index (χ0n) is 19.0. The first-order valence-corrected chi connectivity index (χ1v) is 12.0. The molecule has 1 unspecified atom stereocenters. The Morgan fingerprint density at radius 2 is 1.91 bits per heavy atom. The minimum atomic E-state index is 0.0267. The number of piperidine rings is 1. The van der Waals surface area contributed by atoms with Crippen LogP contribution in [-0.4, -0.2) is 44.9 Å². The van der Waals surface area contributed by atoms with Gasteiger partial charge < -0.3 is 16.4 Å². The highest BCUT2D eigenvalue weighted by Gasteiger charge is 2.28. The van der Waals surface area contributed by atoms with Gasteiger partial charge in [-0.1, -0.05) is 44.4 Å². The monoisotopic (exact) mass is 437 g/mol. The van der Waals surface area contributed by atoms with E-state index in [2.05, 4.69) is 43.5 Å². The van der Waals surface area contributed by atoms with Crippen LogP contribution in [0.3, 0.4) is 0 Å². The fraction of sp³-hybridized carbons (Fsp3) is 0.583. The summed E-state index contributed by atoms with van der Waals surface area (Å²) in [4.78, 5) is 28.3. The molecule has 8 heteroatoms. The van der Waals surface area contributed by atoms with Crippen molar-refractivity contribution >= 4 is 23.5 Å². The minimum Gasteiger partial charge on any atom is -0.368 e. The molecule has 32 heavy (non-hydrogen) atoms. The molecular formula is C24H35N7O. The van der Waals surface area contributed by atoms with Crippen molar-refractivity contribution in [2.75, 3.05) is 24.1 Å². The lowest BCUT2D eigenvalue weighted by atomic mass is 9.93. The van der Waals surface area contributed by atoms with Crippen LogP contribution in [0.25, 0.3) is 0 Å². The van der Waals surface area contributed by atoms with Crippen molar-refractivity contribution in [2.24, 2.45) is 5.92 Å². The van der Waals surface area contributed by atoms with Crippen LogP contribution in [0.1, 0.15) is 63.3 Å². The van der Waals surface area contributed by atoms with Gasteiger partial charge in [0.1, 0.15) is 5.82 Å². The molecule has 172 valence electrons. The second-order valence-electron chi connectivity index (χ2n) is 8.99. The maximum Gasteiger partial charge on any atom is 0.232 e. The number of aryl methyl sites for hydroxylation is 1. The molecule has 0 bridgehead atoms. The van der Waals surface area contributed by atoms with Crippen LogP contribution in [0.5, 0.6) is 0 Å². The number of carbonyl (C=O) groups excluding carboxylic acids is 1. The van der Waals surface area contributed by atoms with Crippen molar-refractivity contribution in [3.8, 4) is 0 Å². The second kappa shape index (κ2) is 10.7. The number of benzene rings is 1. The third-order valence-corrected chi connectivity index (χ3v) is 6.54. The molecule has 2 heterocycles. The lowest BCUT2D eigenvalue weighted by Crippen LogP contribution is -2.46. The molecule has 0 spiro atoms. The number of anilines is 3. The van der Waals surface area contributed by atoms with Gasteiger partial charge in [0.2, 0.25) is 17.8 Å². The van der Waals surface area contributed by atoms with Crippen molar-refractivity contribution in [3.63, 3.8) is 0 Å². The Bertz CT molecular complexity index is 913. The van der Waals surface area contributed by atoms with Gasteiger partial charge in [0.05, 0.1) is 12.5 Å². The SMILES string of the molecule is CCc1ccccc1Nc1nc(N)nc(CN2CCCC(C(=O)NC3CCCCC3)C2)n1. The Labute approximate surface area is 190 Å². The fourth-order valence-electron chi connectivity index (χ4n) is 4.81. The van der Waals surface area contributed by atoms with Crippen LogP contribution in [0.4, 0.5) is 17.6 Å². The Hall–Kier alpha value is -2.74. The van der Waals surface area contributed by atoms with Crippen LogP contribution in [-0.2, 0) is 17.8 Å². The molecule has 0 radical (unpaired) electrons. The van der Waals surface area contributed by atoms with E-state index in [1.807, 2.05) is 18.2 Å². The zero-order valence-corrected chi connectivity index (χ0v) is 19.0. The molecule has 1 aromatic carbocycles. The number of para-hydroxylation sites is 1. The number of nitrogens with zero attached hydrogens (tertiary/aromatic N) is 4. The first-order chi connectivity index (χ1) is 15.6. The van der Waals surface area contributed by atoms with E-state index in [1.54, 1.807) is 0 Å². The Kier molecular flexibility index (Phi) is 7.52. The predicted molar refractivity (Wildman–Crippen MR) is 126 cm³/mol. The van der Waals surface area contributed by atoms with E-state index in [0.717, 1.165) is 50.9 Å². The third kappa shape index (κ3) is 5.94. The van der Waals surface area contributed by atoms with Gasteiger partial charge in [-0.05, 0) is 50.3 Å². The molecule has 4 rings (SSSR count). The Morgan fingerprint density at radius 1 is 1.09 bits per heavy atom. The van der Waals surface area contributed by atoms with Crippen molar-refractivity contribution in [3.05, 3.63) is 35.7 Å². The lowest BCUT2D eigenvalue weighted by Gasteiger charge is -2.33. The van der Waals surface area contributed by atoms with Crippen LogP contribution in [0, 0.1) is 5.92 Å². The molecule has 1 aromatic heterocycles. The summed E-state index contributed by atoms with van der Waals surface area (Å²) in [7, 11) is 0. The van der Waals surface area contributed by atoms with Crippen LogP contribution >= 0.6 is 0 Å². The molecule has 1 saturated heterocycles. The van der Waals surface area contributed by atoms with E-state index in [1.165, 1.54) is 24.8 Å². The van der Waals surface area contributed by atoms with E-state index in [9.17, 15) is 4.79 Å². The number of rotatable bonds is 7. The largest absolute Gasteiger partial charge is 0.368 e. The molecule has 8 nitrogen and oxygen atoms in total. The van der Waals surface area contributed by atoms with E-state index >= 15 is 0 Å². The summed E-state index contributed by atoms with van der Waals surface area (Å²) in [6.07, 6.45) is 8.82. The van der Waals surface area contributed by atoms with Crippen LogP contribution in [0.2, 0.25) is 0 Å². The molecule has 1 atom stereocenters. The third-order valence-electron chi connectivity index (χ3n) is 6.54. The lowest BCUT2D eigenvalue weighted by molar-refractivity contribution is -0.127. The number of hydrogen-bond donors (Lipinski definition) is 3. The van der Waals surface area contributed by atoms with Crippen LogP contribution < -0.4 is 16.4 Å². The van der Waals surface area contributed by atoms with Crippen LogP contribution in [0.15, 0.2) is 24.3 Å². The summed E-state index contributed by atoms with van der Waals surface area (Å²) in [5.41, 5.74) is 8.15. The van der Waals surface area contributed by atoms with Gasteiger partial charge in [-0.25, -0.2) is 0 Å². The van der Waals surface area contributed by atoms with E-state index in [0.29, 0.717) is 24.4 Å². The maximum absolute atomic E-state index is 12.8. The molecule has 1 amide bonds. The van der Waals surface area contributed by atoms with Gasteiger partial charge in [-0.15, -0.1) is 0 Å². The van der Waals surface area contributed by atoms with Gasteiger partial charge in [0.15, 0.2) is 0 Å². The minimum absolute atomic E-state index is 0.0267. The van der Waals surface area contributed by atoms with Gasteiger partial charge in [0.25, 0.3) is 0 Å². The highest BCUT2D eigenvalue weighted by molar-refractivity contribution is 5.79. The maximum atomic E-state index is 12.8. The molecule has 1 aliphatic carbocycles. The van der Waals surface area contributed by atoms with Crippen molar-refractivity contribution in [1.29, 1.82) is 0 Å². The first kappa shape index (κ1) is 22.5. The summed E-state index contributed by atoms with van der Waals surface area (Å²) >= 11 is 0. The molecule has 1 aliphatic heterocycles. The number of amides is 1. The summed E-state index contributed by atoms with van der Waals surface area (Å²) < 4.78 is 0. The number of aromatic nitrogens is 3. The summed E-state index contributed by atoms with van der Waals surface area (Å²) in [6.45, 7) is 4.33. The highest BCUT2D eigenvalue weighted by Crippen LogP contribution is 2.23. The van der Waals surface area contributed by atoms with E-state index < -0.39 is 0 Å².